The topological polar surface area (TPSA) is 56.5 Å². The van der Waals surface area contributed by atoms with Gasteiger partial charge in [-0.1, -0.05) is 95.4 Å². The van der Waals surface area contributed by atoms with E-state index in [0.29, 0.717) is 17.5 Å². The highest BCUT2D eigenvalue weighted by atomic mass is 79.9. The maximum absolute atomic E-state index is 13.8. The molecule has 6 rings (SSSR count). The second-order valence-corrected chi connectivity index (χ2v) is 11.2. The normalized spacial score (nSPS) is 14.4. The number of fused-ring (bicyclic) bond motifs is 2. The third-order valence-electron chi connectivity index (χ3n) is 7.55. The third-order valence-corrected chi connectivity index (χ3v) is 8.04. The second kappa shape index (κ2) is 11.1. The Hall–Kier alpha value is -3.77. The third kappa shape index (κ3) is 5.39. The van der Waals surface area contributed by atoms with Crippen LogP contribution in [0.1, 0.15) is 60.5 Å². The molecule has 1 aliphatic carbocycles. The summed E-state index contributed by atoms with van der Waals surface area (Å²) in [7, 11) is 0. The van der Waals surface area contributed by atoms with Crippen molar-refractivity contribution in [2.75, 3.05) is 0 Å². The first-order valence-corrected chi connectivity index (χ1v) is 14.3. The van der Waals surface area contributed by atoms with Crippen molar-refractivity contribution in [3.05, 3.63) is 116 Å². The first kappa shape index (κ1) is 25.5. The molecule has 0 aliphatic heterocycles. The zero-order valence-corrected chi connectivity index (χ0v) is 23.5. The molecule has 0 spiro atoms. The van der Waals surface area contributed by atoms with E-state index in [9.17, 15) is 4.79 Å². The van der Waals surface area contributed by atoms with E-state index in [-0.39, 0.29) is 11.5 Å². The molecule has 0 unspecified atom stereocenters. The number of hydrogen-bond donors (Lipinski definition) is 0. The Balaban J connectivity index is 1.46. The van der Waals surface area contributed by atoms with Gasteiger partial charge in [0.2, 0.25) is 0 Å². The van der Waals surface area contributed by atoms with Gasteiger partial charge in [0, 0.05) is 16.0 Å². The number of halogens is 1. The zero-order chi connectivity index (χ0) is 26.8. The van der Waals surface area contributed by atoms with Gasteiger partial charge in [-0.15, -0.1) is 0 Å². The van der Waals surface area contributed by atoms with Crippen LogP contribution in [0.25, 0.3) is 21.7 Å². The minimum Gasteiger partial charge on any atom is -0.488 e. The van der Waals surface area contributed by atoms with Crippen LogP contribution in [0.2, 0.25) is 0 Å². The molecule has 1 aliphatic rings. The number of aromatic nitrogens is 2. The Bertz CT molecular complexity index is 1740. The number of rotatable bonds is 6. The molecule has 1 saturated carbocycles. The van der Waals surface area contributed by atoms with Gasteiger partial charge < -0.3 is 4.74 Å². The fraction of sp³-hybridized carbons (Fsp3) is 0.242. The van der Waals surface area contributed by atoms with Gasteiger partial charge >= 0.3 is 0 Å². The lowest BCUT2D eigenvalue weighted by Gasteiger charge is -2.23. The summed E-state index contributed by atoms with van der Waals surface area (Å²) in [6.07, 6.45) is 7.31. The van der Waals surface area contributed by atoms with Gasteiger partial charge in [0.05, 0.1) is 17.1 Å². The fourth-order valence-electron chi connectivity index (χ4n) is 5.40. The van der Waals surface area contributed by atoms with Crippen LogP contribution in [-0.4, -0.2) is 15.9 Å². The Morgan fingerprint density at radius 2 is 1.77 bits per heavy atom. The Morgan fingerprint density at radius 3 is 2.59 bits per heavy atom. The molecular formula is C33H30BrN3O2. The standard InChI is InChI=1S/C33H30BrN3O2/c1-22-11-13-23(14-12-22)21-39-31-18-15-24-7-5-6-10-27(24)29(31)20-35-37-32(25-8-3-2-4-9-25)36-30-17-16-26(34)19-28(30)33(37)38/h5-7,10-20,25H,2-4,8-9,21H2,1H3. The second-order valence-electron chi connectivity index (χ2n) is 10.3. The van der Waals surface area contributed by atoms with Crippen LogP contribution in [0, 0.1) is 6.92 Å². The summed E-state index contributed by atoms with van der Waals surface area (Å²) in [6.45, 7) is 2.52. The van der Waals surface area contributed by atoms with Crippen LogP contribution < -0.4 is 10.3 Å². The molecule has 1 aromatic heterocycles. The van der Waals surface area contributed by atoms with Gasteiger partial charge in [-0.25, -0.2) is 4.98 Å². The maximum atomic E-state index is 13.8. The average molecular weight is 581 g/mol. The van der Waals surface area contributed by atoms with Gasteiger partial charge in [0.15, 0.2) is 0 Å². The Kier molecular flexibility index (Phi) is 7.29. The largest absolute Gasteiger partial charge is 0.488 e. The highest BCUT2D eigenvalue weighted by Crippen LogP contribution is 2.32. The number of nitrogens with zero attached hydrogens (tertiary/aromatic N) is 3. The van der Waals surface area contributed by atoms with E-state index < -0.39 is 0 Å². The summed E-state index contributed by atoms with van der Waals surface area (Å²) in [5.74, 6) is 1.68. The quantitative estimate of drug-likeness (QED) is 0.191. The molecule has 0 bridgehead atoms. The first-order chi connectivity index (χ1) is 19.1. The molecule has 196 valence electrons. The molecule has 5 nitrogen and oxygen atoms in total. The Morgan fingerprint density at radius 1 is 0.974 bits per heavy atom. The molecular weight excluding hydrogens is 550 g/mol. The smallest absolute Gasteiger partial charge is 0.282 e. The molecule has 4 aromatic carbocycles. The summed E-state index contributed by atoms with van der Waals surface area (Å²) in [5, 5.41) is 7.49. The van der Waals surface area contributed by atoms with E-state index in [1.165, 1.54) is 16.7 Å². The van der Waals surface area contributed by atoms with E-state index in [0.717, 1.165) is 63.6 Å². The minimum absolute atomic E-state index is 0.152. The molecule has 39 heavy (non-hydrogen) atoms. The molecule has 6 heteroatoms. The van der Waals surface area contributed by atoms with Crippen molar-refractivity contribution < 1.29 is 4.74 Å². The van der Waals surface area contributed by atoms with Crippen molar-refractivity contribution >= 4 is 43.8 Å². The fourth-order valence-corrected chi connectivity index (χ4v) is 5.76. The van der Waals surface area contributed by atoms with Crippen molar-refractivity contribution in [3.63, 3.8) is 0 Å². The lowest BCUT2D eigenvalue weighted by Crippen LogP contribution is -2.25. The molecule has 0 amide bonds. The van der Waals surface area contributed by atoms with E-state index in [2.05, 4.69) is 65.3 Å². The number of hydrogen-bond acceptors (Lipinski definition) is 4. The summed E-state index contributed by atoms with van der Waals surface area (Å²) < 4.78 is 8.69. The summed E-state index contributed by atoms with van der Waals surface area (Å²) in [6, 6.07) is 26.2. The van der Waals surface area contributed by atoms with Gasteiger partial charge in [0.25, 0.3) is 5.56 Å². The maximum Gasteiger partial charge on any atom is 0.282 e. The monoisotopic (exact) mass is 579 g/mol. The summed E-state index contributed by atoms with van der Waals surface area (Å²) >= 11 is 3.51. The van der Waals surface area contributed by atoms with E-state index in [4.69, 9.17) is 14.8 Å². The SMILES string of the molecule is Cc1ccc(COc2ccc3ccccc3c2C=Nn2c(C3CCCCC3)nc3ccc(Br)cc3c2=O)cc1. The molecule has 0 radical (unpaired) electrons. The van der Waals surface area contributed by atoms with Crippen LogP contribution in [0.15, 0.2) is 93.2 Å². The van der Waals surface area contributed by atoms with E-state index in [1.54, 1.807) is 6.21 Å². The predicted molar refractivity (Wildman–Crippen MR) is 162 cm³/mol. The summed E-state index contributed by atoms with van der Waals surface area (Å²) in [5.41, 5.74) is 3.71. The van der Waals surface area contributed by atoms with Crippen molar-refractivity contribution in [2.24, 2.45) is 5.10 Å². The van der Waals surface area contributed by atoms with Crippen LogP contribution in [0.3, 0.4) is 0 Å². The molecule has 5 aromatic rings. The molecule has 0 saturated heterocycles. The van der Waals surface area contributed by atoms with Crippen LogP contribution in [0.5, 0.6) is 5.75 Å². The predicted octanol–water partition coefficient (Wildman–Crippen LogP) is 8.13. The molecule has 1 heterocycles. The lowest BCUT2D eigenvalue weighted by atomic mass is 9.88. The van der Waals surface area contributed by atoms with Crippen LogP contribution in [-0.2, 0) is 6.61 Å². The number of benzene rings is 4. The lowest BCUT2D eigenvalue weighted by molar-refractivity contribution is 0.306. The van der Waals surface area contributed by atoms with Crippen molar-refractivity contribution in [3.8, 4) is 5.75 Å². The van der Waals surface area contributed by atoms with Crippen LogP contribution in [0.4, 0.5) is 0 Å². The Labute approximate surface area is 236 Å². The van der Waals surface area contributed by atoms with Gasteiger partial charge in [-0.05, 0) is 60.4 Å². The van der Waals surface area contributed by atoms with Crippen molar-refractivity contribution in [1.29, 1.82) is 0 Å². The van der Waals surface area contributed by atoms with Crippen LogP contribution >= 0.6 is 15.9 Å². The highest BCUT2D eigenvalue weighted by molar-refractivity contribution is 9.10. The number of ether oxygens (including phenoxy) is 1. The van der Waals surface area contributed by atoms with Gasteiger partial charge in [0.1, 0.15) is 18.2 Å². The zero-order valence-electron chi connectivity index (χ0n) is 21.9. The van der Waals surface area contributed by atoms with Crippen molar-refractivity contribution in [1.82, 2.24) is 9.66 Å². The minimum atomic E-state index is -0.152. The molecule has 0 N–H and O–H groups in total. The van der Waals surface area contributed by atoms with E-state index in [1.807, 2.05) is 36.4 Å². The van der Waals surface area contributed by atoms with Gasteiger partial charge in [-0.2, -0.15) is 9.78 Å². The number of aryl methyl sites for hydroxylation is 1. The first-order valence-electron chi connectivity index (χ1n) is 13.5. The highest BCUT2D eigenvalue weighted by Gasteiger charge is 2.22. The van der Waals surface area contributed by atoms with Gasteiger partial charge in [-0.3, -0.25) is 4.79 Å². The molecule has 1 fully saturated rings. The van der Waals surface area contributed by atoms with Crippen molar-refractivity contribution in [2.45, 2.75) is 51.6 Å². The molecule has 0 atom stereocenters. The summed E-state index contributed by atoms with van der Waals surface area (Å²) in [4.78, 5) is 18.8. The van der Waals surface area contributed by atoms with E-state index >= 15 is 0 Å². The average Bonchev–Trinajstić information content (AvgIpc) is 2.97.